The van der Waals surface area contributed by atoms with Gasteiger partial charge in [0, 0.05) is 39.8 Å². The molecule has 4 rings (SSSR count). The molecule has 0 unspecified atom stereocenters. The first-order chi connectivity index (χ1) is 11.9. The highest BCUT2D eigenvalue weighted by Gasteiger charge is 2.41. The molecule has 0 aromatic heterocycles. The Bertz CT molecular complexity index is 708. The molecule has 3 aliphatic heterocycles. The summed E-state index contributed by atoms with van der Waals surface area (Å²) in [5.74, 6) is 0.754. The van der Waals surface area contributed by atoms with Crippen molar-refractivity contribution in [2.45, 2.75) is 18.9 Å². The van der Waals surface area contributed by atoms with Gasteiger partial charge in [-0.3, -0.25) is 4.79 Å². The molecule has 0 radical (unpaired) electrons. The van der Waals surface area contributed by atoms with E-state index in [1.807, 2.05) is 35.2 Å². The molecule has 0 saturated carbocycles. The molecule has 25 heavy (non-hydrogen) atoms. The number of para-hydroxylation sites is 1. The number of nitrogens with zero attached hydrogens (tertiary/aromatic N) is 3. The Labute approximate surface area is 149 Å². The fourth-order valence-corrected chi connectivity index (χ4v) is 4.73. The highest BCUT2D eigenvalue weighted by atomic mass is 32.2. The van der Waals surface area contributed by atoms with Crippen LogP contribution in [0.4, 0.5) is 0 Å². The van der Waals surface area contributed by atoms with Gasteiger partial charge < -0.3 is 9.64 Å². The number of hydrogen-bond donors (Lipinski definition) is 0. The first-order valence-corrected chi connectivity index (χ1v) is 9.92. The van der Waals surface area contributed by atoms with Crippen molar-refractivity contribution < 1.29 is 17.9 Å². The van der Waals surface area contributed by atoms with Crippen molar-refractivity contribution in [3.63, 3.8) is 0 Å². The lowest BCUT2D eigenvalue weighted by Gasteiger charge is -2.36. The fourth-order valence-electron chi connectivity index (χ4n) is 3.51. The summed E-state index contributed by atoms with van der Waals surface area (Å²) >= 11 is 0. The Balaban J connectivity index is 1.67. The third-order valence-electron chi connectivity index (χ3n) is 4.89. The van der Waals surface area contributed by atoms with E-state index in [0.717, 1.165) is 12.8 Å². The van der Waals surface area contributed by atoms with Gasteiger partial charge in [-0.2, -0.15) is 17.0 Å². The largest absolute Gasteiger partial charge is 0.484 e. The second kappa shape index (κ2) is 7.31. The average Bonchev–Trinajstić information content (AvgIpc) is 2.93. The van der Waals surface area contributed by atoms with E-state index in [9.17, 15) is 13.2 Å². The van der Waals surface area contributed by atoms with Crippen LogP contribution in [0.25, 0.3) is 0 Å². The van der Waals surface area contributed by atoms with Crippen LogP contribution in [0.15, 0.2) is 30.3 Å². The van der Waals surface area contributed by atoms with Crippen molar-refractivity contribution in [3.05, 3.63) is 30.3 Å². The average molecular weight is 367 g/mol. The molecule has 138 valence electrons. The number of rotatable bonds is 5. The molecular formula is C17H25N3O4S. The third-order valence-corrected chi connectivity index (χ3v) is 6.77. The zero-order valence-corrected chi connectivity index (χ0v) is 15.5. The molecule has 1 aromatic rings. The second-order valence-electron chi connectivity index (χ2n) is 6.85. The van der Waals surface area contributed by atoms with E-state index >= 15 is 0 Å². The Morgan fingerprint density at radius 1 is 1.16 bits per heavy atom. The molecule has 7 nitrogen and oxygen atoms in total. The minimum atomic E-state index is -3.46. The molecule has 1 aromatic carbocycles. The number of carbonyl (C=O) groups is 1. The van der Waals surface area contributed by atoms with Gasteiger partial charge >= 0.3 is 0 Å². The molecule has 0 N–H and O–H groups in total. The highest BCUT2D eigenvalue weighted by Crippen LogP contribution is 2.29. The molecule has 3 saturated heterocycles. The number of carbonyl (C=O) groups excluding carboxylic acids is 1. The van der Waals surface area contributed by atoms with Gasteiger partial charge in [0.05, 0.1) is 0 Å². The van der Waals surface area contributed by atoms with Gasteiger partial charge in [0.1, 0.15) is 5.75 Å². The number of benzene rings is 1. The van der Waals surface area contributed by atoms with E-state index in [0.29, 0.717) is 25.4 Å². The predicted molar refractivity (Wildman–Crippen MR) is 94.3 cm³/mol. The maximum absolute atomic E-state index is 12.6. The molecule has 2 atom stereocenters. The van der Waals surface area contributed by atoms with Crippen LogP contribution in [0.1, 0.15) is 12.8 Å². The minimum Gasteiger partial charge on any atom is -0.484 e. The maximum atomic E-state index is 12.6. The van der Waals surface area contributed by atoms with Crippen LogP contribution in [-0.4, -0.2) is 74.2 Å². The Morgan fingerprint density at radius 3 is 2.56 bits per heavy atom. The van der Waals surface area contributed by atoms with Gasteiger partial charge in [-0.25, -0.2) is 0 Å². The molecule has 0 aliphatic carbocycles. The van der Waals surface area contributed by atoms with Crippen molar-refractivity contribution in [1.29, 1.82) is 0 Å². The number of amides is 1. The van der Waals surface area contributed by atoms with Crippen LogP contribution in [0.2, 0.25) is 0 Å². The van der Waals surface area contributed by atoms with Crippen LogP contribution in [-0.2, 0) is 15.0 Å². The lowest BCUT2D eigenvalue weighted by molar-refractivity contribution is -0.137. The fraction of sp³-hybridized carbons (Fsp3) is 0.588. The standard InChI is InChI=1S/C17H25N3O4S/c1-18(2)25(22,23)19-10-14-8-9-15(12-19)20(11-14)17(21)13-24-16-6-4-3-5-7-16/h3-7,14-15H,8-13H2,1-2H3/t14-,15+/m1/s1. The van der Waals surface area contributed by atoms with Gasteiger partial charge in [-0.05, 0) is 30.9 Å². The molecule has 8 heteroatoms. The summed E-state index contributed by atoms with van der Waals surface area (Å²) in [6.45, 7) is 1.41. The van der Waals surface area contributed by atoms with Crippen LogP contribution in [0.5, 0.6) is 5.75 Å². The lowest BCUT2D eigenvalue weighted by atomic mass is 9.95. The van der Waals surface area contributed by atoms with E-state index in [-0.39, 0.29) is 24.5 Å². The van der Waals surface area contributed by atoms with Gasteiger partial charge in [-0.1, -0.05) is 18.2 Å². The Morgan fingerprint density at radius 2 is 1.88 bits per heavy atom. The first-order valence-electron chi connectivity index (χ1n) is 8.53. The molecule has 0 spiro atoms. The third kappa shape index (κ3) is 3.96. The van der Waals surface area contributed by atoms with Crippen molar-refractivity contribution >= 4 is 16.1 Å². The monoisotopic (exact) mass is 367 g/mol. The molecular weight excluding hydrogens is 342 g/mol. The van der Waals surface area contributed by atoms with Crippen molar-refractivity contribution in [2.75, 3.05) is 40.3 Å². The van der Waals surface area contributed by atoms with Crippen LogP contribution < -0.4 is 4.74 Å². The summed E-state index contributed by atoms with van der Waals surface area (Å²) < 4.78 is 33.3. The Kier molecular flexibility index (Phi) is 5.31. The van der Waals surface area contributed by atoms with Crippen molar-refractivity contribution in [3.8, 4) is 5.75 Å². The number of fused-ring (bicyclic) bond motifs is 4. The van der Waals surface area contributed by atoms with Gasteiger partial charge in [0.2, 0.25) is 0 Å². The summed E-state index contributed by atoms with van der Waals surface area (Å²) in [5, 5.41) is 0. The zero-order chi connectivity index (χ0) is 18.0. The lowest BCUT2D eigenvalue weighted by Crippen LogP contribution is -2.49. The molecule has 3 aliphatic rings. The van der Waals surface area contributed by atoms with E-state index in [4.69, 9.17) is 4.74 Å². The van der Waals surface area contributed by atoms with Crippen LogP contribution >= 0.6 is 0 Å². The highest BCUT2D eigenvalue weighted by molar-refractivity contribution is 7.86. The molecule has 3 fully saturated rings. The number of ether oxygens (including phenoxy) is 1. The van der Waals surface area contributed by atoms with Gasteiger partial charge in [-0.15, -0.1) is 0 Å². The van der Waals surface area contributed by atoms with E-state index < -0.39 is 10.2 Å². The predicted octanol–water partition coefficient (Wildman–Crippen LogP) is 0.795. The Hall–Kier alpha value is -1.64. The van der Waals surface area contributed by atoms with Gasteiger partial charge in [0.15, 0.2) is 6.61 Å². The summed E-state index contributed by atoms with van der Waals surface area (Å²) in [6.07, 6.45) is 1.79. The van der Waals surface area contributed by atoms with Gasteiger partial charge in [0.25, 0.3) is 16.1 Å². The van der Waals surface area contributed by atoms with Crippen LogP contribution in [0, 0.1) is 5.92 Å². The molecule has 2 bridgehead atoms. The summed E-state index contributed by atoms with van der Waals surface area (Å²) in [6, 6.07) is 9.15. The summed E-state index contributed by atoms with van der Waals surface area (Å²) in [5.41, 5.74) is 0. The zero-order valence-electron chi connectivity index (χ0n) is 14.7. The SMILES string of the molecule is CN(C)S(=O)(=O)N1C[C@H]2CC[C@@H](C1)N(C(=O)COc1ccccc1)C2. The van der Waals surface area contributed by atoms with E-state index in [2.05, 4.69) is 0 Å². The molecule has 3 heterocycles. The second-order valence-corrected chi connectivity index (χ2v) is 8.99. The van der Waals surface area contributed by atoms with E-state index in [1.54, 1.807) is 14.1 Å². The smallest absolute Gasteiger partial charge is 0.281 e. The van der Waals surface area contributed by atoms with Crippen molar-refractivity contribution in [1.82, 2.24) is 13.5 Å². The normalized spacial score (nSPS) is 24.4. The van der Waals surface area contributed by atoms with Crippen molar-refractivity contribution in [2.24, 2.45) is 5.92 Å². The summed E-state index contributed by atoms with van der Waals surface area (Å²) in [4.78, 5) is 14.4. The quantitative estimate of drug-likeness (QED) is 0.772. The number of hydrogen-bond acceptors (Lipinski definition) is 4. The minimum absolute atomic E-state index is 0.0202. The number of piperidine rings is 1. The molecule has 1 amide bonds. The topological polar surface area (TPSA) is 70.2 Å². The van der Waals surface area contributed by atoms with E-state index in [1.165, 1.54) is 8.61 Å². The first kappa shape index (κ1) is 18.2. The summed E-state index contributed by atoms with van der Waals surface area (Å²) in [7, 11) is -0.375. The maximum Gasteiger partial charge on any atom is 0.281 e. The van der Waals surface area contributed by atoms with Crippen LogP contribution in [0.3, 0.4) is 0 Å².